The molecule has 0 bridgehead atoms. The molecule has 0 radical (unpaired) electrons. The summed E-state index contributed by atoms with van der Waals surface area (Å²) in [5, 5.41) is 6.73. The van der Waals surface area contributed by atoms with Gasteiger partial charge in [-0.25, -0.2) is 21.6 Å². The number of anilines is 2. The van der Waals surface area contributed by atoms with E-state index in [9.17, 15) is 39.6 Å². The van der Waals surface area contributed by atoms with Crippen LogP contribution in [0.4, 0.5) is 24.5 Å². The molecule has 2 saturated heterocycles. The Morgan fingerprint density at radius 1 is 0.841 bits per heavy atom. The first kappa shape index (κ1) is 53.5. The van der Waals surface area contributed by atoms with Crippen LogP contribution in [0.3, 0.4) is 0 Å². The molecule has 370 valence electrons. The van der Waals surface area contributed by atoms with Crippen molar-refractivity contribution in [2.24, 2.45) is 11.7 Å². The Morgan fingerprint density at radius 3 is 2.14 bits per heavy atom. The second-order valence-corrected chi connectivity index (χ2v) is 21.6. The minimum Gasteiger partial charge on any atom is -0.380 e. The fourth-order valence-corrected chi connectivity index (χ4v) is 11.5. The lowest BCUT2D eigenvalue weighted by atomic mass is 9.82. The molecule has 5 N–H and O–H groups in total. The number of thioether (sulfide) groups is 1. The highest BCUT2D eigenvalue weighted by molar-refractivity contribution is 7.99. The number of sulfonamides is 1. The molecule has 0 aromatic heterocycles. The number of nitrogens with zero attached hydrogens (tertiary/aromatic N) is 2. The van der Waals surface area contributed by atoms with E-state index in [1.807, 2.05) is 83.6 Å². The van der Waals surface area contributed by atoms with Crippen LogP contribution >= 0.6 is 35.8 Å². The van der Waals surface area contributed by atoms with E-state index in [2.05, 4.69) is 20.4 Å². The third-order valence-electron chi connectivity index (χ3n) is 12.0. The first-order chi connectivity index (χ1) is 32.5. The largest absolute Gasteiger partial charge is 0.501 e. The standard InChI is InChI=1S/C48H52ClF3N6O7S3.ClH/c49-36-14-10-33(11-15-36)41-8-4-5-9-42(41)46(55-45(59)31-53)34-20-24-58(25-21-34)38-16-12-35(13-17-38)47(60)56-68(63,64)40-18-19-43(44(30-40)67(61,62)48(50,51)52)54-37(22-23-57-26-28-65-29-27-57)32-66-39-6-2-1-3-7-39;/h1-19,30,34,37,46,54H,20-29,31-32,53H2,(H,55,59)(H,56,60);1H/t37-,46-;/m1./s1. The first-order valence-corrected chi connectivity index (χ1v) is 26.3. The molecule has 5 aromatic rings. The smallest absolute Gasteiger partial charge is 0.380 e. The lowest BCUT2D eigenvalue weighted by Crippen LogP contribution is -2.42. The van der Waals surface area contributed by atoms with Crippen LogP contribution in [0.1, 0.15) is 41.2 Å². The zero-order valence-corrected chi connectivity index (χ0v) is 41.3. The Labute approximate surface area is 416 Å². The van der Waals surface area contributed by atoms with E-state index >= 15 is 0 Å². The maximum atomic E-state index is 14.2. The van der Waals surface area contributed by atoms with Gasteiger partial charge >= 0.3 is 5.51 Å². The first-order valence-electron chi connectivity index (χ1n) is 22.0. The molecule has 2 fully saturated rings. The van der Waals surface area contributed by atoms with Crippen molar-refractivity contribution in [2.75, 3.05) is 68.5 Å². The van der Waals surface area contributed by atoms with Crippen molar-refractivity contribution in [3.05, 3.63) is 137 Å². The van der Waals surface area contributed by atoms with Gasteiger partial charge in [0.25, 0.3) is 25.8 Å². The number of nitrogens with one attached hydrogen (secondary N) is 3. The van der Waals surface area contributed by atoms with E-state index < -0.39 is 52.8 Å². The third-order valence-corrected chi connectivity index (χ3v) is 16.3. The second-order valence-electron chi connectivity index (χ2n) is 16.5. The quantitative estimate of drug-likeness (QED) is 0.0620. The summed E-state index contributed by atoms with van der Waals surface area (Å²) in [6.45, 7) is 3.96. The summed E-state index contributed by atoms with van der Waals surface area (Å²) in [4.78, 5) is 29.1. The van der Waals surface area contributed by atoms with Gasteiger partial charge in [-0.1, -0.05) is 66.2 Å². The van der Waals surface area contributed by atoms with Gasteiger partial charge in [0.2, 0.25) is 5.91 Å². The van der Waals surface area contributed by atoms with Crippen molar-refractivity contribution in [3.63, 3.8) is 0 Å². The van der Waals surface area contributed by atoms with Gasteiger partial charge in [-0.3, -0.25) is 14.5 Å². The Bertz CT molecular complexity index is 2750. The number of carbonyl (C=O) groups is 2. The summed E-state index contributed by atoms with van der Waals surface area (Å²) < 4.78 is 103. The van der Waals surface area contributed by atoms with Crippen LogP contribution in [-0.4, -0.2) is 103 Å². The minimum absolute atomic E-state index is 0. The molecule has 7 rings (SSSR count). The molecule has 0 spiro atoms. The zero-order valence-electron chi connectivity index (χ0n) is 37.2. The SMILES string of the molecule is Cl.NCC(=O)N[C@@H](c1ccccc1-c1ccc(Cl)cc1)C1CCN(c2ccc(C(=O)NS(=O)(=O)c3ccc(N[C@H](CCN4CCOCC4)CSc4ccccc4)c(S(=O)(=O)C(F)(F)F)c3)cc2)CC1. The molecule has 2 aliphatic rings. The van der Waals surface area contributed by atoms with Crippen LogP contribution in [0.15, 0.2) is 136 Å². The van der Waals surface area contributed by atoms with Crippen molar-refractivity contribution < 1.29 is 44.3 Å². The molecule has 2 amide bonds. The van der Waals surface area contributed by atoms with Gasteiger partial charge in [-0.05, 0) is 109 Å². The minimum atomic E-state index is -6.08. The van der Waals surface area contributed by atoms with Crippen molar-refractivity contribution in [1.29, 1.82) is 0 Å². The Hall–Kier alpha value is -4.86. The zero-order chi connectivity index (χ0) is 48.5. The molecule has 2 atom stereocenters. The Morgan fingerprint density at radius 2 is 1.49 bits per heavy atom. The van der Waals surface area contributed by atoms with Crippen LogP contribution in [0, 0.1) is 5.92 Å². The molecular weight excluding hydrogens is 997 g/mol. The highest BCUT2D eigenvalue weighted by Gasteiger charge is 2.48. The number of hydrogen-bond donors (Lipinski definition) is 4. The third kappa shape index (κ3) is 13.7. The maximum Gasteiger partial charge on any atom is 0.501 e. The van der Waals surface area contributed by atoms with E-state index in [4.69, 9.17) is 22.1 Å². The summed E-state index contributed by atoms with van der Waals surface area (Å²) in [5.74, 6) is -0.962. The summed E-state index contributed by atoms with van der Waals surface area (Å²) in [7, 11) is -11.0. The second kappa shape index (κ2) is 23.8. The van der Waals surface area contributed by atoms with Gasteiger partial charge in [0, 0.05) is 65.7 Å². The number of piperidine rings is 1. The predicted octanol–water partition coefficient (Wildman–Crippen LogP) is 8.17. The topological polar surface area (TPSA) is 180 Å². The normalized spacial score (nSPS) is 15.9. The molecule has 13 nitrogen and oxygen atoms in total. The van der Waals surface area contributed by atoms with Crippen molar-refractivity contribution in [1.82, 2.24) is 14.9 Å². The Kier molecular flexibility index (Phi) is 18.5. The number of ether oxygens (including phenoxy) is 1. The van der Waals surface area contributed by atoms with Crippen LogP contribution < -0.4 is 26.0 Å². The van der Waals surface area contributed by atoms with Gasteiger partial charge in [-0.15, -0.1) is 24.2 Å². The number of amides is 2. The van der Waals surface area contributed by atoms with Gasteiger partial charge in [0.1, 0.15) is 4.90 Å². The number of alkyl halides is 3. The molecule has 2 aliphatic heterocycles. The maximum absolute atomic E-state index is 14.2. The van der Waals surface area contributed by atoms with E-state index in [1.165, 1.54) is 23.9 Å². The van der Waals surface area contributed by atoms with Crippen LogP contribution in [0.2, 0.25) is 5.02 Å². The fourth-order valence-electron chi connectivity index (χ4n) is 8.33. The lowest BCUT2D eigenvalue weighted by Gasteiger charge is -2.38. The number of nitrogens with two attached hydrogens (primary N) is 1. The lowest BCUT2D eigenvalue weighted by molar-refractivity contribution is -0.120. The number of halogens is 5. The summed E-state index contributed by atoms with van der Waals surface area (Å²) in [6, 6.07) is 32.3. The fraction of sp³-hybridized carbons (Fsp3) is 0.333. The Balaban J connectivity index is 0.00000782. The highest BCUT2D eigenvalue weighted by Crippen LogP contribution is 2.39. The molecule has 0 saturated carbocycles. The van der Waals surface area contributed by atoms with Gasteiger partial charge < -0.3 is 26.0 Å². The average Bonchev–Trinajstić information content (AvgIpc) is 3.34. The van der Waals surface area contributed by atoms with E-state index in [1.54, 1.807) is 12.1 Å². The van der Waals surface area contributed by atoms with E-state index in [-0.39, 0.29) is 42.4 Å². The molecular formula is C48H53Cl2F3N6O7S3. The van der Waals surface area contributed by atoms with Crippen LogP contribution in [0.5, 0.6) is 0 Å². The van der Waals surface area contributed by atoms with E-state index in [0.29, 0.717) is 82.0 Å². The van der Waals surface area contributed by atoms with E-state index in [0.717, 1.165) is 39.4 Å². The van der Waals surface area contributed by atoms with Crippen molar-refractivity contribution >= 4 is 78.8 Å². The number of benzene rings is 5. The number of rotatable bonds is 18. The molecule has 0 aliphatic carbocycles. The number of hydrogen-bond acceptors (Lipinski definition) is 12. The monoisotopic (exact) mass is 1050 g/mol. The molecule has 69 heavy (non-hydrogen) atoms. The number of carbonyl (C=O) groups excluding carboxylic acids is 2. The molecule has 0 unspecified atom stereocenters. The molecule has 21 heteroatoms. The van der Waals surface area contributed by atoms with Gasteiger partial charge in [0.05, 0.1) is 36.4 Å². The summed E-state index contributed by atoms with van der Waals surface area (Å²) in [6.07, 6.45) is 1.80. The summed E-state index contributed by atoms with van der Waals surface area (Å²) in [5.41, 5.74) is 3.09. The van der Waals surface area contributed by atoms with Crippen LogP contribution in [0.25, 0.3) is 11.1 Å². The highest BCUT2D eigenvalue weighted by atomic mass is 35.5. The molecule has 2 heterocycles. The summed E-state index contributed by atoms with van der Waals surface area (Å²) >= 11 is 7.60. The number of sulfone groups is 1. The predicted molar refractivity (Wildman–Crippen MR) is 266 cm³/mol. The van der Waals surface area contributed by atoms with Crippen molar-refractivity contribution in [2.45, 2.75) is 51.5 Å². The molecule has 5 aromatic carbocycles. The van der Waals surface area contributed by atoms with Crippen LogP contribution in [-0.2, 0) is 29.4 Å². The van der Waals surface area contributed by atoms with Crippen molar-refractivity contribution in [3.8, 4) is 11.1 Å². The average molecular weight is 1050 g/mol. The van der Waals surface area contributed by atoms with Gasteiger partial charge in [0.15, 0.2) is 0 Å². The van der Waals surface area contributed by atoms with Gasteiger partial charge in [-0.2, -0.15) is 13.2 Å². The number of morpholine rings is 1.